The van der Waals surface area contributed by atoms with E-state index in [1.807, 2.05) is 0 Å². The van der Waals surface area contributed by atoms with Gasteiger partial charge in [-0.2, -0.15) is 0 Å². The van der Waals surface area contributed by atoms with Crippen molar-refractivity contribution in [3.63, 3.8) is 0 Å². The molecular weight excluding hydrogens is 983 g/mol. The molecule has 0 bridgehead atoms. The van der Waals surface area contributed by atoms with Crippen LogP contribution < -0.4 is 5.32 Å². The maximum absolute atomic E-state index is 12.6. The van der Waals surface area contributed by atoms with E-state index in [0.29, 0.717) is 25.9 Å². The summed E-state index contributed by atoms with van der Waals surface area (Å²) in [4.78, 5) is 24.6. The monoisotopic (exact) mass is 1130 g/mol. The minimum atomic E-state index is -0.663. The van der Waals surface area contributed by atoms with Crippen LogP contribution in [0.2, 0.25) is 0 Å². The summed E-state index contributed by atoms with van der Waals surface area (Å²) in [5.41, 5.74) is 0. The van der Waals surface area contributed by atoms with Crippen molar-refractivity contribution in [2.75, 3.05) is 13.2 Å². The van der Waals surface area contributed by atoms with Gasteiger partial charge in [0.25, 0.3) is 0 Å². The van der Waals surface area contributed by atoms with Crippen LogP contribution >= 0.6 is 0 Å². The Morgan fingerprint density at radius 3 is 0.762 bits per heavy atom. The van der Waals surface area contributed by atoms with Crippen LogP contribution in [0.1, 0.15) is 438 Å². The van der Waals surface area contributed by atoms with E-state index in [9.17, 15) is 19.8 Å². The van der Waals surface area contributed by atoms with E-state index in [1.165, 1.54) is 366 Å². The number of aliphatic hydroxyl groups excluding tert-OH is 2. The van der Waals surface area contributed by atoms with Crippen molar-refractivity contribution in [1.29, 1.82) is 0 Å². The van der Waals surface area contributed by atoms with Crippen LogP contribution in [0.25, 0.3) is 0 Å². The van der Waals surface area contributed by atoms with Crippen molar-refractivity contribution in [2.24, 2.45) is 0 Å². The molecule has 478 valence electrons. The predicted molar refractivity (Wildman–Crippen MR) is 352 cm³/mol. The number of amides is 1. The number of unbranched alkanes of at least 4 members (excludes halogenated alkanes) is 60. The van der Waals surface area contributed by atoms with E-state index in [2.05, 4.69) is 19.2 Å². The average Bonchev–Trinajstić information content (AvgIpc) is 3.46. The Hall–Kier alpha value is -1.14. The van der Waals surface area contributed by atoms with Gasteiger partial charge in [0.15, 0.2) is 0 Å². The molecule has 0 aliphatic heterocycles. The zero-order valence-electron chi connectivity index (χ0n) is 54.9. The smallest absolute Gasteiger partial charge is 0.305 e. The van der Waals surface area contributed by atoms with E-state index < -0.39 is 12.1 Å². The Labute approximate surface area is 502 Å². The van der Waals surface area contributed by atoms with Gasteiger partial charge >= 0.3 is 5.97 Å². The van der Waals surface area contributed by atoms with E-state index in [4.69, 9.17) is 4.74 Å². The summed E-state index contributed by atoms with van der Waals surface area (Å²) in [6, 6.07) is -0.540. The molecular formula is C74H147NO5. The maximum atomic E-state index is 12.6. The largest absolute Gasteiger partial charge is 0.466 e. The lowest BCUT2D eigenvalue weighted by Gasteiger charge is -2.22. The van der Waals surface area contributed by atoms with Crippen LogP contribution in [0.15, 0.2) is 0 Å². The molecule has 80 heavy (non-hydrogen) atoms. The molecule has 0 heterocycles. The molecule has 0 fully saturated rings. The van der Waals surface area contributed by atoms with Gasteiger partial charge in [-0.25, -0.2) is 0 Å². The molecule has 2 atom stereocenters. The molecule has 6 nitrogen and oxygen atoms in total. The standard InChI is InChI=1S/C74H147NO5/c1-3-5-7-9-11-13-15-17-19-20-21-22-23-27-30-33-36-39-42-46-50-54-58-62-66-72(77)71(70-76)75-73(78)67-63-59-55-51-47-43-40-37-34-31-28-25-24-26-29-32-35-38-41-45-49-53-57-61-65-69-80-74(79)68-64-60-56-52-48-44-18-16-14-12-10-8-6-4-2/h71-72,76-77H,3-70H2,1-2H3,(H,75,78). The van der Waals surface area contributed by atoms with Crippen molar-refractivity contribution < 1.29 is 24.5 Å². The fraction of sp³-hybridized carbons (Fsp3) is 0.973. The third kappa shape index (κ3) is 66.0. The second-order valence-corrected chi connectivity index (χ2v) is 26.0. The number of nitrogens with one attached hydrogen (secondary N) is 1. The highest BCUT2D eigenvalue weighted by atomic mass is 16.5. The minimum Gasteiger partial charge on any atom is -0.466 e. The van der Waals surface area contributed by atoms with Crippen LogP contribution in [0.3, 0.4) is 0 Å². The second-order valence-electron chi connectivity index (χ2n) is 26.0. The Bertz CT molecular complexity index is 1160. The second kappa shape index (κ2) is 70.3. The zero-order valence-corrected chi connectivity index (χ0v) is 54.9. The first-order chi connectivity index (χ1) is 39.5. The normalized spacial score (nSPS) is 12.4. The molecule has 0 aromatic rings. The van der Waals surface area contributed by atoms with Crippen LogP contribution in [-0.4, -0.2) is 47.4 Å². The van der Waals surface area contributed by atoms with Crippen LogP contribution in [0.5, 0.6) is 0 Å². The van der Waals surface area contributed by atoms with E-state index in [0.717, 1.165) is 38.5 Å². The molecule has 0 aromatic heterocycles. The van der Waals surface area contributed by atoms with Crippen molar-refractivity contribution in [3.05, 3.63) is 0 Å². The number of ether oxygens (including phenoxy) is 1. The molecule has 0 spiro atoms. The van der Waals surface area contributed by atoms with Gasteiger partial charge in [0, 0.05) is 12.8 Å². The molecule has 2 unspecified atom stereocenters. The van der Waals surface area contributed by atoms with Crippen molar-refractivity contribution in [1.82, 2.24) is 5.32 Å². The molecule has 0 aliphatic rings. The molecule has 6 heteroatoms. The topological polar surface area (TPSA) is 95.9 Å². The number of hydrogen-bond donors (Lipinski definition) is 3. The first-order valence-electron chi connectivity index (χ1n) is 37.3. The molecule has 0 saturated carbocycles. The van der Waals surface area contributed by atoms with E-state index in [1.54, 1.807) is 0 Å². The number of hydrogen-bond acceptors (Lipinski definition) is 5. The average molecular weight is 1130 g/mol. The summed E-state index contributed by atoms with van der Waals surface area (Å²) in [6.45, 7) is 5.01. The van der Waals surface area contributed by atoms with Crippen molar-refractivity contribution >= 4 is 11.9 Å². The number of esters is 1. The minimum absolute atomic E-state index is 0.0203. The highest BCUT2D eigenvalue weighted by Crippen LogP contribution is 2.20. The third-order valence-electron chi connectivity index (χ3n) is 17.9. The fourth-order valence-corrected chi connectivity index (χ4v) is 12.2. The first kappa shape index (κ1) is 78.9. The van der Waals surface area contributed by atoms with Gasteiger partial charge in [0.2, 0.25) is 5.91 Å². The van der Waals surface area contributed by atoms with E-state index >= 15 is 0 Å². The molecule has 0 saturated heterocycles. The number of carbonyl (C=O) groups is 2. The fourth-order valence-electron chi connectivity index (χ4n) is 12.2. The highest BCUT2D eigenvalue weighted by Gasteiger charge is 2.20. The Balaban J connectivity index is 3.35. The van der Waals surface area contributed by atoms with Crippen LogP contribution in [0, 0.1) is 0 Å². The predicted octanol–water partition coefficient (Wildman–Crippen LogP) is 24.2. The summed E-state index contributed by atoms with van der Waals surface area (Å²) in [7, 11) is 0. The number of aliphatic hydroxyl groups is 2. The molecule has 1 amide bonds. The summed E-state index contributed by atoms with van der Waals surface area (Å²) < 4.78 is 5.50. The number of rotatable bonds is 71. The van der Waals surface area contributed by atoms with Crippen LogP contribution in [-0.2, 0) is 14.3 Å². The highest BCUT2D eigenvalue weighted by molar-refractivity contribution is 5.76. The number of carbonyl (C=O) groups excluding carboxylic acids is 2. The zero-order chi connectivity index (χ0) is 57.8. The quantitative estimate of drug-likeness (QED) is 0.0417. The van der Waals surface area contributed by atoms with Crippen molar-refractivity contribution in [3.8, 4) is 0 Å². The van der Waals surface area contributed by atoms with Gasteiger partial charge in [0.05, 0.1) is 25.4 Å². The lowest BCUT2D eigenvalue weighted by atomic mass is 10.0. The molecule has 3 N–H and O–H groups in total. The van der Waals surface area contributed by atoms with Gasteiger partial charge in [-0.15, -0.1) is 0 Å². The van der Waals surface area contributed by atoms with Crippen molar-refractivity contribution in [2.45, 2.75) is 450 Å². The summed E-state index contributed by atoms with van der Waals surface area (Å²) >= 11 is 0. The van der Waals surface area contributed by atoms with Crippen LogP contribution in [0.4, 0.5) is 0 Å². The Kier molecular flexibility index (Phi) is 69.3. The van der Waals surface area contributed by atoms with Gasteiger partial charge in [-0.1, -0.05) is 399 Å². The summed E-state index contributed by atoms with van der Waals surface area (Å²) in [5.74, 6) is -0.00664. The molecule has 0 rings (SSSR count). The maximum Gasteiger partial charge on any atom is 0.305 e. The first-order valence-corrected chi connectivity index (χ1v) is 37.3. The Morgan fingerprint density at radius 1 is 0.300 bits per heavy atom. The van der Waals surface area contributed by atoms with Gasteiger partial charge in [0.1, 0.15) is 0 Å². The van der Waals surface area contributed by atoms with Gasteiger partial charge in [-0.3, -0.25) is 9.59 Å². The SMILES string of the molecule is CCCCCCCCCCCCCCCCCCCCCCCCCCC(O)C(CO)NC(=O)CCCCCCCCCCCCCCCCCCCCCCCCCCCOC(=O)CCCCCCCCCCCCCCCC. The lowest BCUT2D eigenvalue weighted by molar-refractivity contribution is -0.143. The van der Waals surface area contributed by atoms with E-state index in [-0.39, 0.29) is 18.5 Å². The molecule has 0 aromatic carbocycles. The lowest BCUT2D eigenvalue weighted by Crippen LogP contribution is -2.45. The molecule has 0 radical (unpaired) electrons. The summed E-state index contributed by atoms with van der Waals surface area (Å²) in [6.07, 6.45) is 85.9. The Morgan fingerprint density at radius 2 is 0.512 bits per heavy atom. The third-order valence-corrected chi connectivity index (χ3v) is 17.9. The van der Waals surface area contributed by atoms with Gasteiger partial charge < -0.3 is 20.3 Å². The molecule has 0 aliphatic carbocycles. The van der Waals surface area contributed by atoms with Gasteiger partial charge in [-0.05, 0) is 25.7 Å². The summed E-state index contributed by atoms with van der Waals surface area (Å²) in [5, 5.41) is 23.5.